The zero-order chi connectivity index (χ0) is 16.0. The normalized spacial score (nSPS) is 17.1. The summed E-state index contributed by atoms with van der Waals surface area (Å²) in [6.45, 7) is 3.88. The number of halogens is 1. The summed E-state index contributed by atoms with van der Waals surface area (Å²) in [6.07, 6.45) is 2.37. The number of hydrogen-bond acceptors (Lipinski definition) is 5. The third-order valence-corrected chi connectivity index (χ3v) is 5.57. The van der Waals surface area contributed by atoms with Gasteiger partial charge in [0, 0.05) is 5.02 Å². The van der Waals surface area contributed by atoms with Gasteiger partial charge in [0.2, 0.25) is 10.8 Å². The van der Waals surface area contributed by atoms with Gasteiger partial charge in [-0.1, -0.05) is 35.1 Å². The monoisotopic (exact) mass is 348 g/mol. The van der Waals surface area contributed by atoms with E-state index in [9.17, 15) is 5.11 Å². The van der Waals surface area contributed by atoms with Crippen molar-refractivity contribution in [2.75, 3.05) is 13.1 Å². The van der Waals surface area contributed by atoms with E-state index in [0.717, 1.165) is 33.5 Å². The van der Waals surface area contributed by atoms with E-state index >= 15 is 0 Å². The van der Waals surface area contributed by atoms with Gasteiger partial charge in [0.1, 0.15) is 5.82 Å². The number of hydrogen-bond donors (Lipinski definition) is 1. The molecule has 0 radical (unpaired) electrons. The van der Waals surface area contributed by atoms with E-state index in [1.54, 1.807) is 0 Å². The number of nitrogens with zero attached hydrogens (tertiary/aromatic N) is 4. The third kappa shape index (κ3) is 2.60. The van der Waals surface area contributed by atoms with Crippen molar-refractivity contribution in [2.45, 2.75) is 25.8 Å². The zero-order valence-electron chi connectivity index (χ0n) is 12.7. The molecule has 0 amide bonds. The number of aromatic hydroxyl groups is 1. The third-order valence-electron chi connectivity index (χ3n) is 4.25. The summed E-state index contributed by atoms with van der Waals surface area (Å²) in [7, 11) is 0. The van der Waals surface area contributed by atoms with Crippen LogP contribution in [0.3, 0.4) is 0 Å². The minimum absolute atomic E-state index is 0.0172. The lowest BCUT2D eigenvalue weighted by atomic mass is 10.0. The second-order valence-corrected chi connectivity index (χ2v) is 7.29. The molecule has 1 aliphatic heterocycles. The van der Waals surface area contributed by atoms with E-state index in [4.69, 9.17) is 11.6 Å². The van der Waals surface area contributed by atoms with Gasteiger partial charge >= 0.3 is 0 Å². The molecule has 5 nitrogen and oxygen atoms in total. The molecule has 23 heavy (non-hydrogen) atoms. The molecule has 7 heteroatoms. The predicted molar refractivity (Wildman–Crippen MR) is 91.4 cm³/mol. The average Bonchev–Trinajstić information content (AvgIpc) is 3.22. The molecular formula is C16H17ClN4OS. The maximum atomic E-state index is 10.7. The van der Waals surface area contributed by atoms with Gasteiger partial charge in [-0.05, 0) is 50.6 Å². The van der Waals surface area contributed by atoms with Crippen LogP contribution in [0, 0.1) is 6.92 Å². The van der Waals surface area contributed by atoms with Crippen LogP contribution < -0.4 is 0 Å². The molecule has 120 valence electrons. The van der Waals surface area contributed by atoms with Crippen LogP contribution >= 0.6 is 22.9 Å². The van der Waals surface area contributed by atoms with Gasteiger partial charge in [0.25, 0.3) is 0 Å². The van der Waals surface area contributed by atoms with Crippen molar-refractivity contribution in [2.24, 2.45) is 0 Å². The predicted octanol–water partition coefficient (Wildman–Crippen LogP) is 3.64. The highest BCUT2D eigenvalue weighted by molar-refractivity contribution is 7.17. The molecule has 4 rings (SSSR count). The Morgan fingerprint density at radius 3 is 2.57 bits per heavy atom. The number of thiazole rings is 1. The van der Waals surface area contributed by atoms with Gasteiger partial charge in [-0.3, -0.25) is 4.90 Å². The van der Waals surface area contributed by atoms with Crippen molar-refractivity contribution in [1.82, 2.24) is 19.5 Å². The molecule has 0 aliphatic carbocycles. The van der Waals surface area contributed by atoms with E-state index in [2.05, 4.69) is 15.0 Å². The lowest BCUT2D eigenvalue weighted by Crippen LogP contribution is -2.26. The van der Waals surface area contributed by atoms with E-state index in [1.165, 1.54) is 28.7 Å². The van der Waals surface area contributed by atoms with Crippen LogP contribution in [0.5, 0.6) is 5.88 Å². The Kier molecular flexibility index (Phi) is 3.75. The second-order valence-electron chi connectivity index (χ2n) is 5.84. The van der Waals surface area contributed by atoms with Crippen molar-refractivity contribution < 1.29 is 5.11 Å². The minimum Gasteiger partial charge on any atom is -0.492 e. The topological polar surface area (TPSA) is 53.7 Å². The lowest BCUT2D eigenvalue weighted by Gasteiger charge is -2.27. The summed E-state index contributed by atoms with van der Waals surface area (Å²) in [4.78, 5) is 8.41. The van der Waals surface area contributed by atoms with Gasteiger partial charge < -0.3 is 5.11 Å². The summed E-state index contributed by atoms with van der Waals surface area (Å²) >= 11 is 7.54. The molecule has 0 saturated carbocycles. The maximum Gasteiger partial charge on any atom is 0.230 e. The highest BCUT2D eigenvalue weighted by atomic mass is 35.5. The first-order valence-corrected chi connectivity index (χ1v) is 8.87. The molecular weight excluding hydrogens is 332 g/mol. The molecule has 3 aromatic rings. The van der Waals surface area contributed by atoms with Gasteiger partial charge in [-0.2, -0.15) is 4.52 Å². The molecule has 0 bridgehead atoms. The molecule has 1 N–H and O–H groups in total. The fraction of sp³-hybridized carbons (Fsp3) is 0.375. The van der Waals surface area contributed by atoms with Crippen LogP contribution in [0.25, 0.3) is 4.96 Å². The average molecular weight is 349 g/mol. The Bertz CT molecular complexity index is 836. The largest absolute Gasteiger partial charge is 0.492 e. The Balaban J connectivity index is 1.84. The quantitative estimate of drug-likeness (QED) is 0.785. The van der Waals surface area contributed by atoms with Gasteiger partial charge in [-0.15, -0.1) is 5.10 Å². The van der Waals surface area contributed by atoms with Gasteiger partial charge in [-0.25, -0.2) is 4.98 Å². The first-order valence-electron chi connectivity index (χ1n) is 7.68. The highest BCUT2D eigenvalue weighted by Gasteiger charge is 2.30. The lowest BCUT2D eigenvalue weighted by molar-refractivity contribution is 0.277. The Morgan fingerprint density at radius 2 is 1.91 bits per heavy atom. The fourth-order valence-corrected chi connectivity index (χ4v) is 4.49. The summed E-state index contributed by atoms with van der Waals surface area (Å²) < 4.78 is 1.54. The summed E-state index contributed by atoms with van der Waals surface area (Å²) in [5.74, 6) is 0.861. The van der Waals surface area contributed by atoms with E-state index in [-0.39, 0.29) is 11.9 Å². The highest BCUT2D eigenvalue weighted by Crippen LogP contribution is 2.41. The van der Waals surface area contributed by atoms with Crippen molar-refractivity contribution >= 4 is 27.9 Å². The fourth-order valence-electron chi connectivity index (χ4n) is 3.20. The number of fused-ring (bicyclic) bond motifs is 1. The number of rotatable bonds is 3. The van der Waals surface area contributed by atoms with E-state index in [0.29, 0.717) is 5.82 Å². The number of benzene rings is 1. The smallest absolute Gasteiger partial charge is 0.230 e. The number of aryl methyl sites for hydroxylation is 1. The SMILES string of the molecule is Cc1nc2sc(C(c3ccc(Cl)cc3)N3CCCC3)c(O)n2n1. The van der Waals surface area contributed by atoms with Crippen LogP contribution in [0.15, 0.2) is 24.3 Å². The standard InChI is InChI=1S/C16H17ClN4OS/c1-10-18-16-21(19-10)15(22)14(23-16)13(20-8-2-3-9-20)11-4-6-12(17)7-5-11/h4-7,13,22H,2-3,8-9H2,1H3. The molecule has 0 spiro atoms. The molecule has 2 aromatic heterocycles. The first kappa shape index (κ1) is 14.9. The van der Waals surface area contributed by atoms with E-state index in [1.807, 2.05) is 31.2 Å². The van der Waals surface area contributed by atoms with Gasteiger partial charge in [0.15, 0.2) is 0 Å². The number of aromatic nitrogens is 3. The van der Waals surface area contributed by atoms with Crippen molar-refractivity contribution in [3.05, 3.63) is 45.6 Å². The summed E-state index contributed by atoms with van der Waals surface area (Å²) in [6, 6.07) is 7.89. The van der Waals surface area contributed by atoms with Crippen molar-refractivity contribution in [3.63, 3.8) is 0 Å². The molecule has 1 saturated heterocycles. The Morgan fingerprint density at radius 1 is 1.22 bits per heavy atom. The summed E-state index contributed by atoms with van der Waals surface area (Å²) in [5, 5.41) is 15.7. The molecule has 1 unspecified atom stereocenters. The van der Waals surface area contributed by atoms with Crippen molar-refractivity contribution in [3.8, 4) is 5.88 Å². The minimum atomic E-state index is 0.0172. The molecule has 1 aliphatic rings. The van der Waals surface area contributed by atoms with Crippen LogP contribution in [0.4, 0.5) is 0 Å². The van der Waals surface area contributed by atoms with Crippen LogP contribution in [-0.2, 0) is 0 Å². The molecule has 1 atom stereocenters. The number of likely N-dealkylation sites (tertiary alicyclic amines) is 1. The van der Waals surface area contributed by atoms with Crippen LogP contribution in [0.1, 0.15) is 35.1 Å². The van der Waals surface area contributed by atoms with Crippen LogP contribution in [0.2, 0.25) is 5.02 Å². The van der Waals surface area contributed by atoms with Crippen LogP contribution in [-0.4, -0.2) is 37.7 Å². The van der Waals surface area contributed by atoms with Gasteiger partial charge in [0.05, 0.1) is 10.9 Å². The molecule has 3 heterocycles. The summed E-state index contributed by atoms with van der Waals surface area (Å²) in [5.41, 5.74) is 1.13. The van der Waals surface area contributed by atoms with E-state index < -0.39 is 0 Å². The first-order chi connectivity index (χ1) is 11.1. The Hall–Kier alpha value is -1.63. The zero-order valence-corrected chi connectivity index (χ0v) is 14.3. The molecule has 1 fully saturated rings. The molecule has 1 aromatic carbocycles. The van der Waals surface area contributed by atoms with Crippen molar-refractivity contribution in [1.29, 1.82) is 0 Å². The Labute approximate surface area is 143 Å². The second kappa shape index (κ2) is 5.78. The maximum absolute atomic E-state index is 10.7.